The zero-order valence-electron chi connectivity index (χ0n) is 8.46. The molecule has 4 nitrogen and oxygen atoms in total. The summed E-state index contributed by atoms with van der Waals surface area (Å²) in [6.07, 6.45) is 1.36. The van der Waals surface area contributed by atoms with Gasteiger partial charge in [0.25, 0.3) is 0 Å². The molecule has 0 bridgehead atoms. The number of halogens is 1. The maximum Gasteiger partial charge on any atom is 0.244 e. The summed E-state index contributed by atoms with van der Waals surface area (Å²) < 4.78 is 0. The molecule has 0 atom stereocenters. The van der Waals surface area contributed by atoms with Crippen molar-refractivity contribution in [1.82, 2.24) is 0 Å². The summed E-state index contributed by atoms with van der Waals surface area (Å²) in [6, 6.07) is 6.70. The van der Waals surface area contributed by atoms with Crippen molar-refractivity contribution in [2.45, 2.75) is 18.4 Å². The van der Waals surface area contributed by atoms with Gasteiger partial charge < -0.3 is 11.1 Å². The van der Waals surface area contributed by atoms with E-state index < -0.39 is 5.54 Å². The van der Waals surface area contributed by atoms with Crippen LogP contribution in [0, 0.1) is 11.3 Å². The number of carbonyl (C=O) groups excluding carboxylic acids is 1. The lowest BCUT2D eigenvalue weighted by Gasteiger charge is -2.11. The second-order valence-corrected chi connectivity index (χ2v) is 4.35. The highest BCUT2D eigenvalue weighted by Gasteiger charge is 2.46. The molecule has 0 unspecified atom stereocenters. The molecule has 1 amide bonds. The summed E-state index contributed by atoms with van der Waals surface area (Å²) in [5.41, 5.74) is 5.78. The first-order valence-corrected chi connectivity index (χ1v) is 5.23. The van der Waals surface area contributed by atoms with Crippen LogP contribution in [-0.2, 0) is 4.79 Å². The van der Waals surface area contributed by atoms with Crippen LogP contribution in [0.25, 0.3) is 0 Å². The molecule has 5 heteroatoms. The van der Waals surface area contributed by atoms with Gasteiger partial charge in [-0.3, -0.25) is 4.79 Å². The number of rotatable bonds is 2. The van der Waals surface area contributed by atoms with Gasteiger partial charge in [-0.1, -0.05) is 11.6 Å². The van der Waals surface area contributed by atoms with Gasteiger partial charge in [-0.25, -0.2) is 0 Å². The smallest absolute Gasteiger partial charge is 0.244 e. The standard InChI is InChI=1S/C11H10ClN3O/c12-8-2-1-7(6-13)9(5-8)15-10(16)11(14)3-4-11/h1-2,5H,3-4,14H2,(H,15,16). The molecule has 1 aliphatic rings. The first kappa shape index (κ1) is 10.9. The van der Waals surface area contributed by atoms with Crippen LogP contribution in [0.2, 0.25) is 5.02 Å². The summed E-state index contributed by atoms with van der Waals surface area (Å²) in [6.45, 7) is 0. The van der Waals surface area contributed by atoms with Crippen molar-refractivity contribution in [1.29, 1.82) is 5.26 Å². The maximum atomic E-state index is 11.7. The van der Waals surface area contributed by atoms with Crippen molar-refractivity contribution in [3.8, 4) is 6.07 Å². The van der Waals surface area contributed by atoms with E-state index in [2.05, 4.69) is 5.32 Å². The van der Waals surface area contributed by atoms with Crippen LogP contribution in [0.5, 0.6) is 0 Å². The maximum absolute atomic E-state index is 11.7. The summed E-state index contributed by atoms with van der Waals surface area (Å²) >= 11 is 5.80. The minimum absolute atomic E-state index is 0.258. The van der Waals surface area contributed by atoms with E-state index in [1.807, 2.05) is 6.07 Å². The number of hydrogen-bond acceptors (Lipinski definition) is 3. The van der Waals surface area contributed by atoms with Crippen molar-refractivity contribution in [2.75, 3.05) is 5.32 Å². The number of nitriles is 1. The lowest BCUT2D eigenvalue weighted by Crippen LogP contribution is -2.38. The Bertz CT molecular complexity index is 488. The zero-order chi connectivity index (χ0) is 11.8. The molecule has 1 fully saturated rings. The normalized spacial score (nSPS) is 16.3. The van der Waals surface area contributed by atoms with Gasteiger partial charge in [0.2, 0.25) is 5.91 Å². The van der Waals surface area contributed by atoms with Gasteiger partial charge in [-0.2, -0.15) is 5.26 Å². The molecule has 0 aliphatic heterocycles. The molecular formula is C11H10ClN3O. The molecule has 0 spiro atoms. The van der Waals surface area contributed by atoms with Crippen LogP contribution in [0.4, 0.5) is 5.69 Å². The number of anilines is 1. The van der Waals surface area contributed by atoms with Crippen molar-refractivity contribution in [3.63, 3.8) is 0 Å². The molecule has 16 heavy (non-hydrogen) atoms. The molecule has 2 rings (SSSR count). The highest BCUT2D eigenvalue weighted by Crippen LogP contribution is 2.34. The second kappa shape index (κ2) is 3.78. The van der Waals surface area contributed by atoms with E-state index in [0.717, 1.165) is 0 Å². The third-order valence-corrected chi connectivity index (χ3v) is 2.83. The fourth-order valence-electron chi connectivity index (χ4n) is 1.33. The second-order valence-electron chi connectivity index (χ2n) is 3.91. The molecule has 1 saturated carbocycles. The van der Waals surface area contributed by atoms with E-state index in [9.17, 15) is 4.79 Å². The fourth-order valence-corrected chi connectivity index (χ4v) is 1.50. The number of amides is 1. The molecule has 0 aromatic heterocycles. The topological polar surface area (TPSA) is 78.9 Å². The van der Waals surface area contributed by atoms with E-state index in [0.29, 0.717) is 29.1 Å². The predicted molar refractivity (Wildman–Crippen MR) is 60.9 cm³/mol. The van der Waals surface area contributed by atoms with Crippen LogP contribution in [-0.4, -0.2) is 11.4 Å². The monoisotopic (exact) mass is 235 g/mol. The molecule has 1 aromatic rings. The average Bonchev–Trinajstić information content (AvgIpc) is 2.98. The summed E-state index contributed by atoms with van der Waals surface area (Å²) in [5.74, 6) is -0.258. The summed E-state index contributed by atoms with van der Waals surface area (Å²) in [7, 11) is 0. The van der Waals surface area contributed by atoms with Gasteiger partial charge in [0.15, 0.2) is 0 Å². The Balaban J connectivity index is 2.24. The molecule has 0 heterocycles. The van der Waals surface area contributed by atoms with Gasteiger partial charge in [0.05, 0.1) is 16.8 Å². The Hall–Kier alpha value is -1.57. The summed E-state index contributed by atoms with van der Waals surface area (Å²) in [4.78, 5) is 11.7. The fraction of sp³-hybridized carbons (Fsp3) is 0.273. The Morgan fingerprint density at radius 2 is 2.25 bits per heavy atom. The third-order valence-electron chi connectivity index (χ3n) is 2.59. The Morgan fingerprint density at radius 3 is 2.81 bits per heavy atom. The Kier molecular flexibility index (Phi) is 2.58. The van der Waals surface area contributed by atoms with Crippen LogP contribution >= 0.6 is 11.6 Å². The van der Waals surface area contributed by atoms with E-state index >= 15 is 0 Å². The number of hydrogen-bond donors (Lipinski definition) is 2. The number of nitrogens with one attached hydrogen (secondary N) is 1. The lowest BCUT2D eigenvalue weighted by atomic mass is 10.2. The first-order valence-electron chi connectivity index (χ1n) is 4.85. The lowest BCUT2D eigenvalue weighted by molar-refractivity contribution is -0.118. The van der Waals surface area contributed by atoms with E-state index in [1.165, 1.54) is 0 Å². The van der Waals surface area contributed by atoms with Gasteiger partial charge in [-0.15, -0.1) is 0 Å². The van der Waals surface area contributed by atoms with Crippen LogP contribution < -0.4 is 11.1 Å². The first-order chi connectivity index (χ1) is 7.55. The minimum Gasteiger partial charge on any atom is -0.323 e. The van der Waals surface area contributed by atoms with Gasteiger partial charge in [0, 0.05) is 5.02 Å². The van der Waals surface area contributed by atoms with Gasteiger partial charge in [-0.05, 0) is 31.0 Å². The number of carbonyl (C=O) groups is 1. The molecule has 0 saturated heterocycles. The highest BCUT2D eigenvalue weighted by molar-refractivity contribution is 6.31. The van der Waals surface area contributed by atoms with Crippen LogP contribution in [0.15, 0.2) is 18.2 Å². The van der Waals surface area contributed by atoms with E-state index in [4.69, 9.17) is 22.6 Å². The van der Waals surface area contributed by atoms with Crippen LogP contribution in [0.3, 0.4) is 0 Å². The van der Waals surface area contributed by atoms with Gasteiger partial charge in [0.1, 0.15) is 6.07 Å². The quantitative estimate of drug-likeness (QED) is 0.818. The Morgan fingerprint density at radius 1 is 1.56 bits per heavy atom. The van der Waals surface area contributed by atoms with E-state index in [1.54, 1.807) is 18.2 Å². The molecule has 1 aliphatic carbocycles. The minimum atomic E-state index is -0.755. The summed E-state index contributed by atoms with van der Waals surface area (Å²) in [5, 5.41) is 12.0. The molecule has 1 aromatic carbocycles. The molecule has 0 radical (unpaired) electrons. The number of nitrogens with zero attached hydrogens (tertiary/aromatic N) is 1. The Labute approximate surface area is 98.0 Å². The largest absolute Gasteiger partial charge is 0.323 e. The van der Waals surface area contributed by atoms with Crippen molar-refractivity contribution in [2.24, 2.45) is 5.73 Å². The number of nitrogens with two attached hydrogens (primary N) is 1. The third kappa shape index (κ3) is 2.01. The molecule has 3 N–H and O–H groups in total. The van der Waals surface area contributed by atoms with Crippen molar-refractivity contribution >= 4 is 23.2 Å². The predicted octanol–water partition coefficient (Wildman–Crippen LogP) is 1.64. The van der Waals surface area contributed by atoms with Crippen LogP contribution in [0.1, 0.15) is 18.4 Å². The number of benzene rings is 1. The highest BCUT2D eigenvalue weighted by atomic mass is 35.5. The zero-order valence-corrected chi connectivity index (χ0v) is 9.21. The van der Waals surface area contributed by atoms with Crippen molar-refractivity contribution in [3.05, 3.63) is 28.8 Å². The molecular weight excluding hydrogens is 226 g/mol. The van der Waals surface area contributed by atoms with Gasteiger partial charge >= 0.3 is 0 Å². The SMILES string of the molecule is N#Cc1ccc(Cl)cc1NC(=O)C1(N)CC1. The molecule has 82 valence electrons. The average molecular weight is 236 g/mol. The van der Waals surface area contributed by atoms with E-state index in [-0.39, 0.29) is 5.91 Å². The van der Waals surface area contributed by atoms with Crippen molar-refractivity contribution < 1.29 is 4.79 Å².